The number of pyridine rings is 4. The van der Waals surface area contributed by atoms with Gasteiger partial charge in [-0.15, -0.1) is 0 Å². The van der Waals surface area contributed by atoms with Crippen molar-refractivity contribution < 1.29 is 107 Å². The molecular weight excluding hydrogens is 1420 g/mol. The third kappa shape index (κ3) is 30.8. The highest BCUT2D eigenvalue weighted by Gasteiger charge is 2.45. The quantitative estimate of drug-likeness (QED) is 0.0117. The molecule has 31 nitrogen and oxygen atoms in total. The van der Waals surface area contributed by atoms with Gasteiger partial charge in [0.25, 0.3) is 11.4 Å². The van der Waals surface area contributed by atoms with Crippen molar-refractivity contribution in [3.8, 4) is 0 Å². The number of aldehydes is 1. The van der Waals surface area contributed by atoms with Gasteiger partial charge >= 0.3 is 35.8 Å². The second-order valence-corrected chi connectivity index (χ2v) is 27.3. The molecule has 0 fully saturated rings. The zero-order chi connectivity index (χ0) is 82.0. The summed E-state index contributed by atoms with van der Waals surface area (Å²) in [6.07, 6.45) is -1.39. The molecule has 2 unspecified atom stereocenters. The van der Waals surface area contributed by atoms with E-state index in [2.05, 4.69) is 29.4 Å². The van der Waals surface area contributed by atoms with Gasteiger partial charge in [-0.2, -0.15) is 0 Å². The summed E-state index contributed by atoms with van der Waals surface area (Å²) in [6, 6.07) is 51.7. The van der Waals surface area contributed by atoms with Crippen LogP contribution in [-0.2, 0) is 63.7 Å². The van der Waals surface area contributed by atoms with Gasteiger partial charge in [0.1, 0.15) is 17.8 Å². The number of nitrogens with zero attached hydrogens (tertiary/aromatic N) is 6. The molecule has 31 heteroatoms. The fourth-order valence-electron chi connectivity index (χ4n) is 8.42. The lowest BCUT2D eigenvalue weighted by Crippen LogP contribution is -2.81. The molecule has 8 aromatic rings. The minimum atomic E-state index is -2.30. The van der Waals surface area contributed by atoms with Crippen LogP contribution in [0.4, 0.5) is 23.0 Å². The van der Waals surface area contributed by atoms with Gasteiger partial charge in [0.2, 0.25) is 18.0 Å². The lowest BCUT2D eigenvalue weighted by molar-refractivity contribution is -0.623. The predicted octanol–water partition coefficient (Wildman–Crippen LogP) is 8.04. The molecule has 0 saturated carbocycles. The number of anilines is 1. The maximum atomic E-state index is 13.8. The Labute approximate surface area is 627 Å². The summed E-state index contributed by atoms with van der Waals surface area (Å²) in [5, 5.41) is 64.2. The first-order valence-electron chi connectivity index (χ1n) is 33.1. The fraction of sp³-hybridized carbons (Fsp3) is 0.295. The van der Waals surface area contributed by atoms with Crippen molar-refractivity contribution in [1.82, 2.24) is 19.9 Å². The summed E-state index contributed by atoms with van der Waals surface area (Å²) in [6.45, 7) is 17.5. The van der Waals surface area contributed by atoms with E-state index < -0.39 is 116 Å². The number of Topliss-reactive ketones (excluding diaryl/α,β-unsaturated/α-hetero) is 2. The lowest BCUT2D eigenvalue weighted by atomic mass is 9.83. The number of carboxylic acids is 4. The molecule has 0 aliphatic rings. The van der Waals surface area contributed by atoms with Crippen molar-refractivity contribution in [2.45, 2.75) is 126 Å². The number of quaternary nitrogens is 1. The van der Waals surface area contributed by atoms with Gasteiger partial charge in [0.15, 0.2) is 30.1 Å². The Morgan fingerprint density at radius 1 is 0.459 bits per heavy atom. The first-order valence-corrected chi connectivity index (χ1v) is 33.1. The number of esters is 4. The van der Waals surface area contributed by atoms with Crippen LogP contribution in [0.15, 0.2) is 207 Å². The predicted molar refractivity (Wildman–Crippen MR) is 388 cm³/mol. The first kappa shape index (κ1) is 90.0. The Balaban J connectivity index is 0.000000358. The number of benzene rings is 4. The number of para-hydroxylation sites is 2. The third-order valence-corrected chi connectivity index (χ3v) is 14.2. The zero-order valence-electron chi connectivity index (χ0n) is 61.7. The number of nitro benzene ring substituents is 2. The molecule has 0 amide bonds. The van der Waals surface area contributed by atoms with Crippen LogP contribution in [0.1, 0.15) is 143 Å². The van der Waals surface area contributed by atoms with E-state index in [9.17, 15) is 83.2 Å². The smallest absolute Gasteiger partial charge is 0.349 e. The second kappa shape index (κ2) is 42.7. The van der Waals surface area contributed by atoms with Crippen LogP contribution in [0.3, 0.4) is 0 Å². The van der Waals surface area contributed by atoms with Crippen molar-refractivity contribution in [3.63, 3.8) is 0 Å². The van der Waals surface area contributed by atoms with Crippen LogP contribution in [0.5, 0.6) is 0 Å². The van der Waals surface area contributed by atoms with E-state index in [0.717, 1.165) is 11.3 Å². The van der Waals surface area contributed by atoms with Crippen molar-refractivity contribution >= 4 is 88.6 Å². The standard InChI is InChI=1S/C25H20N4O3.2C14H22O8.C13H11NO.C7H5NO3.C5H6N2/c30-25(18-10-2-1-3-11-18)23(20-13-6-8-16-26-20)24(28-22-15-7-9-17-27-22)19-12-4-5-14-21(19)29(31)32;2*1-13(2,3)11(19)21-7(9(15)16)8(10(17)18)22-12(20)14(4,5)6;15-13(11-6-2-1-3-7-11)10-12-8-4-5-9-14-12;9-5-6-3-1-2-4-7(6)8(10)11;6-5-3-1-2-4-7-5/h1-17,23-24H,(H,27,28);2*7-8H,1-6H3,(H,15,16)(H,17,18);1-9H,10H2;1-5H;1-4H,(H2,6,7)/p-1/t;2*7-,8-;;;/m.00.../s1. The Hall–Kier alpha value is -13.2. The molecule has 6 atom stereocenters. The average Bonchev–Trinajstić information content (AvgIpc) is 0.787. The van der Waals surface area contributed by atoms with Gasteiger partial charge in [0, 0.05) is 59.8 Å². The maximum absolute atomic E-state index is 13.8. The Kier molecular flexibility index (Phi) is 35.3. The molecule has 8 rings (SSSR count). The number of hydrogen-bond acceptors (Lipinski definition) is 26. The van der Waals surface area contributed by atoms with Crippen molar-refractivity contribution in [3.05, 3.63) is 261 Å². The molecule has 0 spiro atoms. The normalized spacial score (nSPS) is 12.4. The fourth-order valence-corrected chi connectivity index (χ4v) is 8.42. The van der Waals surface area contributed by atoms with Crippen LogP contribution in [-0.4, -0.2) is 130 Å². The summed E-state index contributed by atoms with van der Waals surface area (Å²) in [7, 11) is 0. The van der Waals surface area contributed by atoms with E-state index in [-0.39, 0.29) is 28.5 Å². The number of ether oxygens (including phenoxy) is 4. The topological polar surface area (TPSA) is 492 Å². The van der Waals surface area contributed by atoms with Gasteiger partial charge in [0.05, 0.1) is 66.7 Å². The van der Waals surface area contributed by atoms with Gasteiger partial charge in [-0.1, -0.05) is 109 Å². The molecular formula is C78H85N8O23-. The van der Waals surface area contributed by atoms with E-state index >= 15 is 0 Å². The Morgan fingerprint density at radius 2 is 0.835 bits per heavy atom. The minimum absolute atomic E-state index is 0.0496. The number of aromatic nitrogens is 4. The number of aliphatic carboxylic acids is 4. The van der Waals surface area contributed by atoms with Gasteiger partial charge < -0.3 is 54.7 Å². The first-order chi connectivity index (χ1) is 51.0. The summed E-state index contributed by atoms with van der Waals surface area (Å²) in [5.41, 5.74) is 3.95. The van der Waals surface area contributed by atoms with E-state index in [0.29, 0.717) is 41.2 Å². The third-order valence-electron chi connectivity index (χ3n) is 14.2. The highest BCUT2D eigenvalue weighted by Crippen LogP contribution is 2.36. The molecule has 4 aromatic heterocycles. The van der Waals surface area contributed by atoms with Gasteiger partial charge in [-0.25, -0.2) is 19.6 Å². The van der Waals surface area contributed by atoms with E-state index in [4.69, 9.17) is 25.4 Å². The number of nitro groups is 2. The number of ketones is 2. The molecule has 0 bridgehead atoms. The van der Waals surface area contributed by atoms with Crippen LogP contribution in [0.25, 0.3) is 0 Å². The van der Waals surface area contributed by atoms with Crippen LogP contribution in [0, 0.1) is 41.9 Å². The molecule has 0 aliphatic carbocycles. The molecule has 109 heavy (non-hydrogen) atoms. The SMILES string of the molecule is CC(C)(C)C(=O)O[C@H](C(=O)O)[C@H](OC(=O)C(C)(C)C)C(=O)O.CC(C)(C)C(=O)O[C@H](C(=O)[O-])[C@H](OC(=O)C(C)(C)C)C(=O)[O-].Nc1ccccn1.O=C(Cc1ccccn1)c1ccccc1.O=C(c1ccccc1)C(c1ccccn1)C([NH2+]c1ccccn1)c1ccccc1[N+](=O)[O-].O=Cc1ccccc1[N+](=O)[O-]. The highest BCUT2D eigenvalue weighted by molar-refractivity contribution is 6.01. The number of carbonyl (C=O) groups excluding carboxylic acids is 9. The van der Waals surface area contributed by atoms with E-state index in [1.54, 1.807) is 97.6 Å². The number of carbonyl (C=O) groups is 11. The number of rotatable bonds is 23. The zero-order valence-corrected chi connectivity index (χ0v) is 61.7. The Morgan fingerprint density at radius 3 is 1.18 bits per heavy atom. The molecule has 6 N–H and O–H groups in total. The monoisotopic (exact) mass is 1500 g/mol. The second-order valence-electron chi connectivity index (χ2n) is 27.3. The van der Waals surface area contributed by atoms with E-state index in [1.165, 1.54) is 107 Å². The number of nitrogen functional groups attached to an aromatic ring is 1. The summed E-state index contributed by atoms with van der Waals surface area (Å²) in [5.74, 6) is -10.9. The summed E-state index contributed by atoms with van der Waals surface area (Å²) >= 11 is 0. The molecule has 576 valence electrons. The summed E-state index contributed by atoms with van der Waals surface area (Å²) in [4.78, 5) is 165. The van der Waals surface area contributed by atoms with Gasteiger partial charge in [-0.3, -0.25) is 69.1 Å². The largest absolute Gasteiger partial charge is 0.546 e. The lowest BCUT2D eigenvalue weighted by Gasteiger charge is -2.31. The molecule has 4 aromatic carbocycles. The molecule has 0 radical (unpaired) electrons. The number of nitrogens with two attached hydrogens (primary N) is 2. The van der Waals surface area contributed by atoms with Crippen LogP contribution >= 0.6 is 0 Å². The molecule has 0 aliphatic heterocycles. The summed E-state index contributed by atoms with van der Waals surface area (Å²) < 4.78 is 18.7. The minimum Gasteiger partial charge on any atom is -0.546 e. The van der Waals surface area contributed by atoms with Crippen molar-refractivity contribution in [2.24, 2.45) is 21.7 Å². The van der Waals surface area contributed by atoms with E-state index in [1.807, 2.05) is 90.2 Å². The van der Waals surface area contributed by atoms with Crippen LogP contribution in [0.2, 0.25) is 0 Å². The number of carboxylic acid groups (broad SMARTS) is 4. The maximum Gasteiger partial charge on any atom is 0.349 e. The number of hydrogen-bond donors (Lipinski definition) is 4. The molecule has 0 saturated heterocycles. The Bertz CT molecular complexity index is 4180. The average molecular weight is 1500 g/mol. The van der Waals surface area contributed by atoms with Crippen LogP contribution < -0.4 is 21.3 Å². The highest BCUT2D eigenvalue weighted by atomic mass is 16.6. The van der Waals surface area contributed by atoms with Crippen molar-refractivity contribution in [1.29, 1.82) is 0 Å². The molecule has 4 heterocycles. The van der Waals surface area contributed by atoms with Gasteiger partial charge in [-0.05, 0) is 138 Å². The van der Waals surface area contributed by atoms with Crippen molar-refractivity contribution in [2.75, 3.05) is 5.73 Å².